The van der Waals surface area contributed by atoms with E-state index >= 15 is 0 Å². The maximum Gasteiger partial charge on any atom is 0.0295 e. The zero-order chi connectivity index (χ0) is 14.7. The first-order chi connectivity index (χ1) is 9.47. The summed E-state index contributed by atoms with van der Waals surface area (Å²) >= 11 is 3.53. The van der Waals surface area contributed by atoms with Gasteiger partial charge in [0.15, 0.2) is 0 Å². The minimum atomic E-state index is 0.341. The average molecular weight is 332 g/mol. The fraction of sp³-hybridized carbons (Fsp3) is 0.333. The summed E-state index contributed by atoms with van der Waals surface area (Å²) in [6, 6.07) is 13.4. The minimum Gasteiger partial charge on any atom is -0.306 e. The van der Waals surface area contributed by atoms with E-state index in [9.17, 15) is 0 Å². The Kier molecular flexibility index (Phi) is 5.00. The molecule has 0 heterocycles. The van der Waals surface area contributed by atoms with Gasteiger partial charge in [0, 0.05) is 17.1 Å². The Hall–Kier alpha value is -1.12. The lowest BCUT2D eigenvalue weighted by Gasteiger charge is -2.17. The molecule has 1 atom stereocenters. The van der Waals surface area contributed by atoms with E-state index in [-0.39, 0.29) is 0 Å². The maximum atomic E-state index is 3.61. The van der Waals surface area contributed by atoms with Crippen molar-refractivity contribution in [3.8, 4) is 0 Å². The molecule has 106 valence electrons. The molecule has 2 rings (SSSR count). The number of hydrogen-bond acceptors (Lipinski definition) is 1. The fourth-order valence-corrected chi connectivity index (χ4v) is 2.78. The van der Waals surface area contributed by atoms with Crippen molar-refractivity contribution in [3.05, 3.63) is 68.7 Å². The van der Waals surface area contributed by atoms with Gasteiger partial charge in [-0.1, -0.05) is 40.2 Å². The van der Waals surface area contributed by atoms with Gasteiger partial charge in [-0.15, -0.1) is 0 Å². The summed E-state index contributed by atoms with van der Waals surface area (Å²) in [5, 5.41) is 3.61. The summed E-state index contributed by atoms with van der Waals surface area (Å²) in [5.41, 5.74) is 6.78. The van der Waals surface area contributed by atoms with Crippen LogP contribution in [0.25, 0.3) is 0 Å². The lowest BCUT2D eigenvalue weighted by Crippen LogP contribution is -2.18. The van der Waals surface area contributed by atoms with Crippen LogP contribution >= 0.6 is 15.9 Å². The average Bonchev–Trinajstić information content (AvgIpc) is 2.41. The SMILES string of the molecule is Cc1cc(C)c(CN[C@@H](C)c2cccc(Br)c2)cc1C. The Morgan fingerprint density at radius 1 is 1.00 bits per heavy atom. The third kappa shape index (κ3) is 3.71. The topological polar surface area (TPSA) is 12.0 Å². The predicted molar refractivity (Wildman–Crippen MR) is 90.0 cm³/mol. The van der Waals surface area contributed by atoms with Gasteiger partial charge in [0.2, 0.25) is 0 Å². The van der Waals surface area contributed by atoms with Crippen LogP contribution in [-0.4, -0.2) is 0 Å². The van der Waals surface area contributed by atoms with Gasteiger partial charge in [-0.2, -0.15) is 0 Å². The van der Waals surface area contributed by atoms with Gasteiger partial charge in [-0.25, -0.2) is 0 Å². The highest BCUT2D eigenvalue weighted by Gasteiger charge is 2.07. The Bertz CT molecular complexity index is 604. The van der Waals surface area contributed by atoms with E-state index in [4.69, 9.17) is 0 Å². The molecule has 2 aromatic carbocycles. The van der Waals surface area contributed by atoms with Gasteiger partial charge in [-0.05, 0) is 67.6 Å². The van der Waals surface area contributed by atoms with Gasteiger partial charge >= 0.3 is 0 Å². The molecular weight excluding hydrogens is 310 g/mol. The first kappa shape index (κ1) is 15.3. The summed E-state index contributed by atoms with van der Waals surface area (Å²) in [5.74, 6) is 0. The normalized spacial score (nSPS) is 12.4. The van der Waals surface area contributed by atoms with E-state index in [0.717, 1.165) is 11.0 Å². The second-order valence-corrected chi connectivity index (χ2v) is 6.44. The highest BCUT2D eigenvalue weighted by Crippen LogP contribution is 2.20. The number of halogens is 1. The first-order valence-electron chi connectivity index (χ1n) is 7.03. The standard InChI is InChI=1S/C18H22BrN/c1-12-8-14(3)17(9-13(12)2)11-20-15(4)16-6-5-7-18(19)10-16/h5-10,15,20H,11H2,1-4H3/t15-/m0/s1. The molecule has 0 aliphatic rings. The smallest absolute Gasteiger partial charge is 0.0295 e. The number of aryl methyl sites for hydroxylation is 3. The van der Waals surface area contributed by atoms with Gasteiger partial charge in [0.1, 0.15) is 0 Å². The molecule has 0 saturated carbocycles. The van der Waals surface area contributed by atoms with Crippen LogP contribution in [-0.2, 0) is 6.54 Å². The summed E-state index contributed by atoms with van der Waals surface area (Å²) in [7, 11) is 0. The highest BCUT2D eigenvalue weighted by atomic mass is 79.9. The second kappa shape index (κ2) is 6.55. The van der Waals surface area contributed by atoms with Crippen molar-refractivity contribution >= 4 is 15.9 Å². The van der Waals surface area contributed by atoms with Crippen molar-refractivity contribution in [2.24, 2.45) is 0 Å². The zero-order valence-corrected chi connectivity index (χ0v) is 14.2. The molecule has 0 fully saturated rings. The minimum absolute atomic E-state index is 0.341. The Morgan fingerprint density at radius 2 is 1.70 bits per heavy atom. The van der Waals surface area contributed by atoms with Crippen LogP contribution < -0.4 is 5.32 Å². The third-order valence-electron chi connectivity index (χ3n) is 3.90. The molecule has 0 bridgehead atoms. The number of nitrogens with one attached hydrogen (secondary N) is 1. The fourth-order valence-electron chi connectivity index (χ4n) is 2.37. The third-order valence-corrected chi connectivity index (χ3v) is 4.39. The van der Waals surface area contributed by atoms with Crippen molar-refractivity contribution < 1.29 is 0 Å². The molecule has 0 radical (unpaired) electrons. The largest absolute Gasteiger partial charge is 0.306 e. The zero-order valence-electron chi connectivity index (χ0n) is 12.6. The van der Waals surface area contributed by atoms with E-state index in [2.05, 4.69) is 85.3 Å². The lowest BCUT2D eigenvalue weighted by atomic mass is 10.0. The summed E-state index contributed by atoms with van der Waals surface area (Å²) in [6.45, 7) is 9.64. The lowest BCUT2D eigenvalue weighted by molar-refractivity contribution is 0.573. The molecule has 0 saturated heterocycles. The van der Waals surface area contributed by atoms with Gasteiger partial charge < -0.3 is 5.32 Å². The van der Waals surface area contributed by atoms with Gasteiger partial charge in [0.05, 0.1) is 0 Å². The first-order valence-corrected chi connectivity index (χ1v) is 7.82. The van der Waals surface area contributed by atoms with E-state index < -0.39 is 0 Å². The Labute approximate surface area is 130 Å². The van der Waals surface area contributed by atoms with Crippen molar-refractivity contribution in [1.82, 2.24) is 5.32 Å². The predicted octanol–water partition coefficient (Wildman–Crippen LogP) is 5.23. The molecule has 0 aromatic heterocycles. The second-order valence-electron chi connectivity index (χ2n) is 5.52. The molecule has 20 heavy (non-hydrogen) atoms. The van der Waals surface area contributed by atoms with E-state index in [1.54, 1.807) is 0 Å². The van der Waals surface area contributed by atoms with E-state index in [0.29, 0.717) is 6.04 Å². The monoisotopic (exact) mass is 331 g/mol. The molecule has 0 amide bonds. The molecule has 0 aliphatic carbocycles. The quantitative estimate of drug-likeness (QED) is 0.809. The number of hydrogen-bond donors (Lipinski definition) is 1. The molecule has 0 unspecified atom stereocenters. The molecule has 1 N–H and O–H groups in total. The Balaban J connectivity index is 2.07. The molecular formula is C18H22BrN. The highest BCUT2D eigenvalue weighted by molar-refractivity contribution is 9.10. The van der Waals surface area contributed by atoms with Crippen LogP contribution in [0.1, 0.15) is 40.8 Å². The molecule has 0 spiro atoms. The van der Waals surface area contributed by atoms with Crippen LogP contribution in [0, 0.1) is 20.8 Å². The van der Waals surface area contributed by atoms with E-state index in [1.165, 1.54) is 27.8 Å². The summed E-state index contributed by atoms with van der Waals surface area (Å²) < 4.78 is 1.13. The van der Waals surface area contributed by atoms with E-state index in [1.807, 2.05) is 0 Å². The van der Waals surface area contributed by atoms with Crippen LogP contribution in [0.2, 0.25) is 0 Å². The summed E-state index contributed by atoms with van der Waals surface area (Å²) in [4.78, 5) is 0. The Morgan fingerprint density at radius 3 is 2.40 bits per heavy atom. The van der Waals surface area contributed by atoms with Gasteiger partial charge in [0.25, 0.3) is 0 Å². The molecule has 1 nitrogen and oxygen atoms in total. The van der Waals surface area contributed by atoms with Crippen molar-refractivity contribution in [1.29, 1.82) is 0 Å². The number of rotatable bonds is 4. The van der Waals surface area contributed by atoms with Crippen molar-refractivity contribution in [3.63, 3.8) is 0 Å². The van der Waals surface area contributed by atoms with Crippen LogP contribution in [0.15, 0.2) is 40.9 Å². The van der Waals surface area contributed by atoms with Crippen LogP contribution in [0.5, 0.6) is 0 Å². The summed E-state index contributed by atoms with van der Waals surface area (Å²) in [6.07, 6.45) is 0. The van der Waals surface area contributed by atoms with Crippen molar-refractivity contribution in [2.75, 3.05) is 0 Å². The molecule has 2 aromatic rings. The van der Waals surface area contributed by atoms with Crippen LogP contribution in [0.4, 0.5) is 0 Å². The van der Waals surface area contributed by atoms with Crippen molar-refractivity contribution in [2.45, 2.75) is 40.3 Å². The molecule has 0 aliphatic heterocycles. The number of benzene rings is 2. The van der Waals surface area contributed by atoms with Crippen LogP contribution in [0.3, 0.4) is 0 Å². The maximum absolute atomic E-state index is 3.61. The molecule has 2 heteroatoms. The van der Waals surface area contributed by atoms with Gasteiger partial charge in [-0.3, -0.25) is 0 Å².